The molecule has 0 bridgehead atoms. The molecular weight excluding hydrogens is 267 g/mol. The quantitative estimate of drug-likeness (QED) is 0.767. The van der Waals surface area contributed by atoms with E-state index in [2.05, 4.69) is 10.2 Å². The molecule has 0 radical (unpaired) electrons. The van der Waals surface area contributed by atoms with Gasteiger partial charge in [0.2, 0.25) is 0 Å². The van der Waals surface area contributed by atoms with Crippen molar-refractivity contribution in [3.63, 3.8) is 0 Å². The number of ether oxygens (including phenoxy) is 1. The highest BCUT2D eigenvalue weighted by atomic mass is 31.1. The first kappa shape index (κ1) is 16.5. The van der Waals surface area contributed by atoms with Gasteiger partial charge >= 0.3 is 6.09 Å². The number of carbonyl (C=O) groups is 1. The molecule has 1 heterocycles. The van der Waals surface area contributed by atoms with E-state index in [4.69, 9.17) is 9.63 Å². The van der Waals surface area contributed by atoms with Gasteiger partial charge in [0.15, 0.2) is 8.03 Å². The average Bonchev–Trinajstić information content (AvgIpc) is 2.25. The van der Waals surface area contributed by atoms with Crippen LogP contribution < -0.4 is 5.32 Å². The molecule has 1 aliphatic rings. The maximum Gasteiger partial charge on any atom is 0.407 e. The number of nitrogens with zero attached hydrogens (tertiary/aromatic N) is 1. The number of nitrogens with one attached hydrogen (secondary N) is 1. The number of hydrogen-bond donors (Lipinski definition) is 2. The summed E-state index contributed by atoms with van der Waals surface area (Å²) in [5, 5.41) is 2.87. The van der Waals surface area contributed by atoms with Gasteiger partial charge in [-0.25, -0.2) is 4.79 Å². The molecule has 0 spiro atoms. The summed E-state index contributed by atoms with van der Waals surface area (Å²) in [4.78, 5) is 22.6. The lowest BCUT2D eigenvalue weighted by Crippen LogP contribution is -2.46. The largest absolute Gasteiger partial charge is 0.444 e. The zero-order valence-electron chi connectivity index (χ0n) is 11.9. The number of piperidine rings is 1. The number of carbonyl (C=O) groups excluding carboxylic acids is 1. The normalized spacial score (nSPS) is 20.0. The van der Waals surface area contributed by atoms with Gasteiger partial charge in [-0.05, 0) is 33.6 Å². The highest BCUT2D eigenvalue weighted by molar-refractivity contribution is 7.38. The third-order valence-corrected chi connectivity index (χ3v) is 3.60. The molecule has 7 heteroatoms. The summed E-state index contributed by atoms with van der Waals surface area (Å²) in [7, 11) is -2.37. The van der Waals surface area contributed by atoms with Crippen LogP contribution >= 0.6 is 8.03 Å². The predicted molar refractivity (Wildman–Crippen MR) is 74.9 cm³/mol. The molecule has 1 unspecified atom stereocenters. The van der Waals surface area contributed by atoms with Crippen molar-refractivity contribution in [3.05, 3.63) is 0 Å². The number of hydrogen-bond acceptors (Lipinski definition) is 4. The van der Waals surface area contributed by atoms with E-state index in [0.717, 1.165) is 25.9 Å². The lowest BCUT2D eigenvalue weighted by atomic mass is 10.1. The second-order valence-corrected chi connectivity index (χ2v) is 7.19. The topological polar surface area (TPSA) is 78.9 Å². The number of amides is 1. The second-order valence-electron chi connectivity index (χ2n) is 5.91. The van der Waals surface area contributed by atoms with Crippen LogP contribution in [-0.4, -0.2) is 53.3 Å². The molecule has 1 rings (SSSR count). The van der Waals surface area contributed by atoms with Gasteiger partial charge in [-0.2, -0.15) is 0 Å². The third kappa shape index (κ3) is 7.55. The zero-order chi connectivity index (χ0) is 14.5. The highest BCUT2D eigenvalue weighted by Crippen LogP contribution is 2.16. The molecule has 1 saturated heterocycles. The second kappa shape index (κ2) is 7.27. The SMILES string of the molecule is CC(C)(C)OC(=O)NC1CCN(CC[PH](=O)O)CC1. The maximum atomic E-state index is 11.6. The lowest BCUT2D eigenvalue weighted by molar-refractivity contribution is 0.0480. The van der Waals surface area contributed by atoms with Crippen molar-refractivity contribution in [1.82, 2.24) is 10.2 Å². The molecule has 0 aromatic heterocycles. The third-order valence-electron chi connectivity index (χ3n) is 2.95. The molecule has 6 nitrogen and oxygen atoms in total. The van der Waals surface area contributed by atoms with Crippen LogP contribution in [0.4, 0.5) is 4.79 Å². The Morgan fingerprint density at radius 3 is 2.47 bits per heavy atom. The van der Waals surface area contributed by atoms with Gasteiger partial charge in [-0.15, -0.1) is 0 Å². The Labute approximate surface area is 115 Å². The fourth-order valence-electron chi connectivity index (χ4n) is 2.03. The van der Waals surface area contributed by atoms with Crippen molar-refractivity contribution in [2.75, 3.05) is 25.8 Å². The minimum Gasteiger partial charge on any atom is -0.444 e. The van der Waals surface area contributed by atoms with E-state index < -0.39 is 13.6 Å². The smallest absolute Gasteiger partial charge is 0.407 e. The van der Waals surface area contributed by atoms with Crippen molar-refractivity contribution < 1.29 is 19.0 Å². The summed E-state index contributed by atoms with van der Waals surface area (Å²) >= 11 is 0. The first-order valence-corrected chi connectivity index (χ1v) is 8.26. The van der Waals surface area contributed by atoms with Gasteiger partial charge in [0.1, 0.15) is 5.60 Å². The van der Waals surface area contributed by atoms with Gasteiger partial charge < -0.3 is 19.8 Å². The minimum absolute atomic E-state index is 0.136. The van der Waals surface area contributed by atoms with Gasteiger partial charge in [-0.1, -0.05) is 0 Å². The van der Waals surface area contributed by atoms with Crippen LogP contribution in [0.15, 0.2) is 0 Å². The molecule has 19 heavy (non-hydrogen) atoms. The van der Waals surface area contributed by atoms with E-state index in [1.165, 1.54) is 0 Å². The van der Waals surface area contributed by atoms with Crippen molar-refractivity contribution in [2.45, 2.75) is 45.3 Å². The average molecular weight is 292 g/mol. The number of likely N-dealkylation sites (tertiary alicyclic amines) is 1. The van der Waals surface area contributed by atoms with E-state index in [0.29, 0.717) is 12.7 Å². The fourth-order valence-corrected chi connectivity index (χ4v) is 2.54. The molecule has 1 atom stereocenters. The predicted octanol–water partition coefficient (Wildman–Crippen LogP) is 1.44. The minimum atomic E-state index is -2.37. The summed E-state index contributed by atoms with van der Waals surface area (Å²) in [5.41, 5.74) is -0.474. The molecular formula is C12H25N2O4P. The maximum absolute atomic E-state index is 11.6. The molecule has 0 aromatic rings. The van der Waals surface area contributed by atoms with Crippen LogP contribution in [0, 0.1) is 0 Å². The van der Waals surface area contributed by atoms with E-state index in [1.54, 1.807) is 0 Å². The first-order chi connectivity index (χ1) is 8.76. The molecule has 0 aromatic carbocycles. The van der Waals surface area contributed by atoms with Gasteiger partial charge in [0, 0.05) is 31.8 Å². The van der Waals surface area contributed by atoms with Crippen molar-refractivity contribution in [1.29, 1.82) is 0 Å². The van der Waals surface area contributed by atoms with Crippen LogP contribution in [0.1, 0.15) is 33.6 Å². The monoisotopic (exact) mass is 292 g/mol. The van der Waals surface area contributed by atoms with Gasteiger partial charge in [0.25, 0.3) is 0 Å². The van der Waals surface area contributed by atoms with Crippen molar-refractivity contribution in [3.8, 4) is 0 Å². The number of alkyl carbamates (subject to hydrolysis) is 1. The van der Waals surface area contributed by atoms with Crippen molar-refractivity contribution in [2.24, 2.45) is 0 Å². The molecule has 1 fully saturated rings. The van der Waals surface area contributed by atoms with Gasteiger partial charge in [-0.3, -0.25) is 4.57 Å². The molecule has 0 aliphatic carbocycles. The summed E-state index contributed by atoms with van der Waals surface area (Å²) < 4.78 is 15.9. The number of rotatable bonds is 4. The Balaban J connectivity index is 2.23. The Morgan fingerprint density at radius 1 is 1.42 bits per heavy atom. The Kier molecular flexibility index (Phi) is 6.30. The van der Waals surface area contributed by atoms with Crippen LogP contribution in [0.5, 0.6) is 0 Å². The van der Waals surface area contributed by atoms with Gasteiger partial charge in [0.05, 0.1) is 0 Å². The van der Waals surface area contributed by atoms with Crippen LogP contribution in [-0.2, 0) is 9.30 Å². The Hall–Kier alpha value is -0.580. The summed E-state index contributed by atoms with van der Waals surface area (Å²) in [6.07, 6.45) is 1.69. The van der Waals surface area contributed by atoms with Crippen molar-refractivity contribution >= 4 is 14.1 Å². The molecule has 1 amide bonds. The lowest BCUT2D eigenvalue weighted by Gasteiger charge is -2.32. The fraction of sp³-hybridized carbons (Fsp3) is 0.917. The van der Waals surface area contributed by atoms with Crippen LogP contribution in [0.2, 0.25) is 0 Å². The summed E-state index contributed by atoms with van der Waals surface area (Å²) in [6, 6.07) is 0.136. The van der Waals surface area contributed by atoms with Crippen LogP contribution in [0.3, 0.4) is 0 Å². The van der Waals surface area contributed by atoms with E-state index >= 15 is 0 Å². The van der Waals surface area contributed by atoms with Crippen LogP contribution in [0.25, 0.3) is 0 Å². The molecule has 1 aliphatic heterocycles. The Morgan fingerprint density at radius 2 is 2.00 bits per heavy atom. The molecule has 0 saturated carbocycles. The Bertz CT molecular complexity index is 322. The van der Waals surface area contributed by atoms with E-state index in [1.807, 2.05) is 20.8 Å². The standard InChI is InChI=1S/C12H25N2O4P/c1-12(2,3)18-11(15)13-10-4-6-14(7-5-10)8-9-19(16)17/h10,19H,4-9H2,1-3H3,(H,13,15)(H,16,17). The van der Waals surface area contributed by atoms with E-state index in [-0.39, 0.29) is 12.1 Å². The molecule has 2 N–H and O–H groups in total. The molecule has 112 valence electrons. The first-order valence-electron chi connectivity index (χ1n) is 6.70. The highest BCUT2D eigenvalue weighted by Gasteiger charge is 2.23. The summed E-state index contributed by atoms with van der Waals surface area (Å²) in [6.45, 7) is 7.86. The zero-order valence-corrected chi connectivity index (χ0v) is 12.9. The summed E-state index contributed by atoms with van der Waals surface area (Å²) in [5.74, 6) is 0. The van der Waals surface area contributed by atoms with E-state index in [9.17, 15) is 9.36 Å².